The Morgan fingerprint density at radius 1 is 1.35 bits per heavy atom. The predicted octanol–water partition coefficient (Wildman–Crippen LogP) is 2.28. The number of hydrogen-bond acceptors (Lipinski definition) is 2. The van der Waals surface area contributed by atoms with E-state index in [1.807, 2.05) is 27.7 Å². The molecule has 4 nitrogen and oxygen atoms in total. The first-order chi connectivity index (χ1) is 7.73. The van der Waals surface area contributed by atoms with E-state index in [-0.39, 0.29) is 11.3 Å². The van der Waals surface area contributed by atoms with Gasteiger partial charge in [-0.2, -0.15) is 0 Å². The summed E-state index contributed by atoms with van der Waals surface area (Å²) in [6.07, 6.45) is 2.25. The number of likely N-dealkylation sites (tertiary alicyclic amines) is 1. The van der Waals surface area contributed by atoms with Crippen molar-refractivity contribution in [2.45, 2.75) is 58.9 Å². The topological polar surface area (TPSA) is 57.6 Å². The average molecular weight is 241 g/mol. The molecule has 1 heterocycles. The fraction of sp³-hybridized carbons (Fsp3) is 0.846. The van der Waals surface area contributed by atoms with Crippen LogP contribution in [0.4, 0.5) is 0 Å². The van der Waals surface area contributed by atoms with E-state index in [0.717, 1.165) is 6.42 Å². The maximum absolute atomic E-state index is 12.2. The third kappa shape index (κ3) is 2.79. The number of carbonyl (C=O) groups is 2. The molecule has 1 amide bonds. The van der Waals surface area contributed by atoms with Crippen molar-refractivity contribution < 1.29 is 14.7 Å². The molecule has 1 atom stereocenters. The van der Waals surface area contributed by atoms with Gasteiger partial charge in [-0.25, -0.2) is 4.79 Å². The SMILES string of the molecule is CCC1(C(=O)O)CCCN1C(=O)CC(C)(C)C. The summed E-state index contributed by atoms with van der Waals surface area (Å²) in [6.45, 7) is 8.41. The molecule has 0 bridgehead atoms. The molecule has 1 rings (SSSR count). The van der Waals surface area contributed by atoms with Gasteiger partial charge < -0.3 is 10.0 Å². The summed E-state index contributed by atoms with van der Waals surface area (Å²) in [5.41, 5.74) is -1.06. The third-order valence-corrected chi connectivity index (χ3v) is 3.45. The minimum Gasteiger partial charge on any atom is -0.479 e. The molecule has 0 aromatic carbocycles. The van der Waals surface area contributed by atoms with Crippen molar-refractivity contribution in [3.8, 4) is 0 Å². The number of carboxylic acids is 1. The van der Waals surface area contributed by atoms with Crippen LogP contribution in [-0.4, -0.2) is 34.0 Å². The van der Waals surface area contributed by atoms with Gasteiger partial charge in [0.1, 0.15) is 5.54 Å². The second-order valence-electron chi connectivity index (χ2n) is 6.08. The van der Waals surface area contributed by atoms with Gasteiger partial charge in [-0.15, -0.1) is 0 Å². The van der Waals surface area contributed by atoms with Crippen molar-refractivity contribution in [2.75, 3.05) is 6.54 Å². The Labute approximate surface area is 103 Å². The van der Waals surface area contributed by atoms with Gasteiger partial charge in [0.2, 0.25) is 5.91 Å². The van der Waals surface area contributed by atoms with Gasteiger partial charge in [-0.05, 0) is 24.7 Å². The lowest BCUT2D eigenvalue weighted by Crippen LogP contribution is -2.53. The Bertz CT molecular complexity index is 319. The number of amides is 1. The van der Waals surface area contributed by atoms with E-state index in [1.165, 1.54) is 0 Å². The minimum absolute atomic E-state index is 0.0285. The molecule has 17 heavy (non-hydrogen) atoms. The molecule has 1 aliphatic rings. The first-order valence-corrected chi connectivity index (χ1v) is 6.27. The van der Waals surface area contributed by atoms with Crippen LogP contribution in [0.1, 0.15) is 53.4 Å². The zero-order valence-electron chi connectivity index (χ0n) is 11.2. The fourth-order valence-electron chi connectivity index (χ4n) is 2.53. The van der Waals surface area contributed by atoms with Crippen LogP contribution in [0.15, 0.2) is 0 Å². The van der Waals surface area contributed by atoms with Crippen molar-refractivity contribution in [3.63, 3.8) is 0 Å². The molecule has 1 N–H and O–H groups in total. The van der Waals surface area contributed by atoms with Gasteiger partial charge in [-0.3, -0.25) is 4.79 Å². The molecule has 1 saturated heterocycles. The van der Waals surface area contributed by atoms with Crippen LogP contribution in [-0.2, 0) is 9.59 Å². The highest BCUT2D eigenvalue weighted by Crippen LogP contribution is 2.34. The molecular formula is C13H23NO3. The highest BCUT2D eigenvalue weighted by atomic mass is 16.4. The van der Waals surface area contributed by atoms with Crippen molar-refractivity contribution in [3.05, 3.63) is 0 Å². The number of hydrogen-bond donors (Lipinski definition) is 1. The van der Waals surface area contributed by atoms with Crippen LogP contribution in [0.2, 0.25) is 0 Å². The highest BCUT2D eigenvalue weighted by Gasteiger charge is 2.48. The maximum atomic E-state index is 12.2. The predicted molar refractivity (Wildman–Crippen MR) is 65.7 cm³/mol. The smallest absolute Gasteiger partial charge is 0.329 e. The maximum Gasteiger partial charge on any atom is 0.329 e. The monoisotopic (exact) mass is 241 g/mol. The molecule has 1 aliphatic heterocycles. The third-order valence-electron chi connectivity index (χ3n) is 3.45. The van der Waals surface area contributed by atoms with Crippen molar-refractivity contribution in [1.82, 2.24) is 4.90 Å². The number of nitrogens with zero attached hydrogens (tertiary/aromatic N) is 1. The normalized spacial score (nSPS) is 25.1. The van der Waals surface area contributed by atoms with E-state index in [1.54, 1.807) is 4.90 Å². The Kier molecular flexibility index (Phi) is 3.84. The van der Waals surface area contributed by atoms with E-state index in [2.05, 4.69) is 0 Å². The summed E-state index contributed by atoms with van der Waals surface area (Å²) in [4.78, 5) is 25.2. The van der Waals surface area contributed by atoms with Gasteiger partial charge in [0.15, 0.2) is 0 Å². The lowest BCUT2D eigenvalue weighted by atomic mass is 9.89. The molecule has 98 valence electrons. The summed E-state index contributed by atoms with van der Waals surface area (Å²) in [7, 11) is 0. The molecule has 4 heteroatoms. The molecule has 0 radical (unpaired) electrons. The van der Waals surface area contributed by atoms with Crippen LogP contribution in [0.25, 0.3) is 0 Å². The van der Waals surface area contributed by atoms with Gasteiger partial charge in [0.05, 0.1) is 0 Å². The first-order valence-electron chi connectivity index (χ1n) is 6.27. The molecule has 0 spiro atoms. The Balaban J connectivity index is 2.89. The molecule has 0 aromatic rings. The number of aliphatic carboxylic acids is 1. The van der Waals surface area contributed by atoms with E-state index < -0.39 is 11.5 Å². The molecule has 0 saturated carbocycles. The Hall–Kier alpha value is -1.06. The van der Waals surface area contributed by atoms with Crippen LogP contribution < -0.4 is 0 Å². The number of carbonyl (C=O) groups excluding carboxylic acids is 1. The van der Waals surface area contributed by atoms with Crippen molar-refractivity contribution in [2.24, 2.45) is 5.41 Å². The molecule has 0 aromatic heterocycles. The summed E-state index contributed by atoms with van der Waals surface area (Å²) >= 11 is 0. The standard InChI is InChI=1S/C13H23NO3/c1-5-13(11(16)17)7-6-8-14(13)10(15)9-12(2,3)4/h5-9H2,1-4H3,(H,16,17). The Morgan fingerprint density at radius 3 is 2.35 bits per heavy atom. The lowest BCUT2D eigenvalue weighted by Gasteiger charge is -2.35. The largest absolute Gasteiger partial charge is 0.479 e. The van der Waals surface area contributed by atoms with E-state index in [4.69, 9.17) is 0 Å². The fourth-order valence-corrected chi connectivity index (χ4v) is 2.53. The highest BCUT2D eigenvalue weighted by molar-refractivity contribution is 5.88. The average Bonchev–Trinajstić information content (AvgIpc) is 2.59. The van der Waals surface area contributed by atoms with Crippen LogP contribution in [0.5, 0.6) is 0 Å². The van der Waals surface area contributed by atoms with Crippen LogP contribution >= 0.6 is 0 Å². The minimum atomic E-state index is -0.956. The molecule has 1 fully saturated rings. The summed E-state index contributed by atoms with van der Waals surface area (Å²) in [5, 5.41) is 9.39. The Morgan fingerprint density at radius 2 is 1.94 bits per heavy atom. The summed E-state index contributed by atoms with van der Waals surface area (Å²) < 4.78 is 0. The molecule has 0 aliphatic carbocycles. The van der Waals surface area contributed by atoms with Gasteiger partial charge >= 0.3 is 5.97 Å². The second-order valence-corrected chi connectivity index (χ2v) is 6.08. The quantitative estimate of drug-likeness (QED) is 0.824. The van der Waals surface area contributed by atoms with Crippen molar-refractivity contribution in [1.29, 1.82) is 0 Å². The molecule has 1 unspecified atom stereocenters. The zero-order valence-corrected chi connectivity index (χ0v) is 11.2. The summed E-state index contributed by atoms with van der Waals surface area (Å²) in [6, 6.07) is 0. The van der Waals surface area contributed by atoms with Crippen LogP contribution in [0.3, 0.4) is 0 Å². The van der Waals surface area contributed by atoms with E-state index in [0.29, 0.717) is 25.8 Å². The van der Waals surface area contributed by atoms with Crippen molar-refractivity contribution >= 4 is 11.9 Å². The van der Waals surface area contributed by atoms with Gasteiger partial charge in [0, 0.05) is 13.0 Å². The van der Waals surface area contributed by atoms with E-state index in [9.17, 15) is 14.7 Å². The van der Waals surface area contributed by atoms with E-state index >= 15 is 0 Å². The van der Waals surface area contributed by atoms with Gasteiger partial charge in [-0.1, -0.05) is 27.7 Å². The number of carboxylic acid groups (broad SMARTS) is 1. The molecular weight excluding hydrogens is 218 g/mol. The summed E-state index contributed by atoms with van der Waals surface area (Å²) in [5.74, 6) is -0.890. The van der Waals surface area contributed by atoms with Crippen LogP contribution in [0, 0.1) is 5.41 Å². The first kappa shape index (κ1) is 14.0. The number of rotatable bonds is 3. The zero-order chi connectivity index (χ0) is 13.3. The van der Waals surface area contributed by atoms with Gasteiger partial charge in [0.25, 0.3) is 0 Å². The lowest BCUT2D eigenvalue weighted by molar-refractivity contribution is -0.157. The second kappa shape index (κ2) is 4.67.